The number of rotatable bonds is 3. The Bertz CT molecular complexity index is 509. The van der Waals surface area contributed by atoms with E-state index in [2.05, 4.69) is 0 Å². The number of hydrogen-bond acceptors (Lipinski definition) is 2. The molecule has 2 rings (SSSR count). The van der Waals surface area contributed by atoms with Crippen LogP contribution in [0.5, 0.6) is 0 Å². The van der Waals surface area contributed by atoms with Crippen molar-refractivity contribution in [2.24, 2.45) is 0 Å². The van der Waals surface area contributed by atoms with Gasteiger partial charge in [-0.3, -0.25) is 4.79 Å². The number of carbonyl (C=O) groups excluding carboxylic acids is 1. The molecule has 0 saturated carbocycles. The molecular formula is C14H12OS. The van der Waals surface area contributed by atoms with Crippen molar-refractivity contribution < 1.29 is 4.79 Å². The van der Waals surface area contributed by atoms with E-state index in [1.807, 2.05) is 55.5 Å². The van der Waals surface area contributed by atoms with Crippen LogP contribution in [0.15, 0.2) is 48.5 Å². The number of allylic oxidation sites excluding steroid dienone is 1. The number of benzene rings is 1. The van der Waals surface area contributed by atoms with Gasteiger partial charge in [0.25, 0.3) is 0 Å². The summed E-state index contributed by atoms with van der Waals surface area (Å²) in [5.41, 5.74) is 1.05. The van der Waals surface area contributed by atoms with Crippen molar-refractivity contribution in [1.29, 1.82) is 0 Å². The lowest BCUT2D eigenvalue weighted by atomic mass is 10.2. The summed E-state index contributed by atoms with van der Waals surface area (Å²) in [4.78, 5) is 13.7. The van der Waals surface area contributed by atoms with Gasteiger partial charge in [0.1, 0.15) is 0 Å². The van der Waals surface area contributed by atoms with Crippen LogP contribution < -0.4 is 0 Å². The first-order valence-corrected chi connectivity index (χ1v) is 5.91. The molecule has 2 heteroatoms. The number of ketones is 1. The van der Waals surface area contributed by atoms with Crippen molar-refractivity contribution in [3.63, 3.8) is 0 Å². The number of carbonyl (C=O) groups is 1. The van der Waals surface area contributed by atoms with E-state index in [4.69, 9.17) is 0 Å². The molecule has 0 aliphatic heterocycles. The van der Waals surface area contributed by atoms with E-state index in [-0.39, 0.29) is 5.78 Å². The fourth-order valence-electron chi connectivity index (χ4n) is 1.39. The highest BCUT2D eigenvalue weighted by Crippen LogP contribution is 2.16. The summed E-state index contributed by atoms with van der Waals surface area (Å²) in [7, 11) is 0. The Morgan fingerprint density at radius 3 is 2.50 bits per heavy atom. The highest BCUT2D eigenvalue weighted by atomic mass is 32.1. The molecule has 1 aromatic carbocycles. The van der Waals surface area contributed by atoms with Crippen LogP contribution in [0.3, 0.4) is 0 Å². The lowest BCUT2D eigenvalue weighted by Gasteiger charge is -1.91. The van der Waals surface area contributed by atoms with E-state index in [9.17, 15) is 4.79 Å². The second-order valence-corrected chi connectivity index (χ2v) is 4.81. The second kappa shape index (κ2) is 4.90. The van der Waals surface area contributed by atoms with Crippen LogP contribution in [0, 0.1) is 6.92 Å². The van der Waals surface area contributed by atoms with Gasteiger partial charge in [-0.1, -0.05) is 36.4 Å². The van der Waals surface area contributed by atoms with Gasteiger partial charge in [-0.2, -0.15) is 0 Å². The lowest BCUT2D eigenvalue weighted by Crippen LogP contribution is -1.88. The monoisotopic (exact) mass is 228 g/mol. The average molecular weight is 228 g/mol. The normalized spacial score (nSPS) is 10.8. The van der Waals surface area contributed by atoms with Gasteiger partial charge >= 0.3 is 0 Å². The molecule has 80 valence electrons. The van der Waals surface area contributed by atoms with E-state index in [0.29, 0.717) is 0 Å². The van der Waals surface area contributed by atoms with Crippen molar-refractivity contribution in [3.05, 3.63) is 63.9 Å². The minimum atomic E-state index is 0.0713. The molecule has 0 spiro atoms. The summed E-state index contributed by atoms with van der Waals surface area (Å²) >= 11 is 1.53. The second-order valence-electron chi connectivity index (χ2n) is 3.52. The number of thiophene rings is 1. The quantitative estimate of drug-likeness (QED) is 0.574. The molecule has 0 aliphatic rings. The molecule has 0 bridgehead atoms. The Kier molecular flexibility index (Phi) is 3.32. The fraction of sp³-hybridized carbons (Fsp3) is 0.0714. The van der Waals surface area contributed by atoms with Crippen LogP contribution in [0.25, 0.3) is 6.08 Å². The van der Waals surface area contributed by atoms with Crippen molar-refractivity contribution in [2.75, 3.05) is 0 Å². The molecule has 0 unspecified atom stereocenters. The van der Waals surface area contributed by atoms with Crippen LogP contribution in [-0.4, -0.2) is 5.78 Å². The smallest absolute Gasteiger partial charge is 0.195 e. The molecule has 0 radical (unpaired) electrons. The van der Waals surface area contributed by atoms with Gasteiger partial charge in [-0.25, -0.2) is 0 Å². The van der Waals surface area contributed by atoms with Gasteiger partial charge in [-0.05, 0) is 30.7 Å². The van der Waals surface area contributed by atoms with Gasteiger partial charge in [0.05, 0.1) is 4.88 Å². The van der Waals surface area contributed by atoms with Gasteiger partial charge in [0.2, 0.25) is 0 Å². The number of aryl methyl sites for hydroxylation is 1. The summed E-state index contributed by atoms with van der Waals surface area (Å²) in [5.74, 6) is 0.0713. The fourth-order valence-corrected chi connectivity index (χ4v) is 2.17. The maximum Gasteiger partial charge on any atom is 0.195 e. The average Bonchev–Trinajstić information content (AvgIpc) is 2.74. The van der Waals surface area contributed by atoms with E-state index in [0.717, 1.165) is 15.3 Å². The molecule has 1 aromatic heterocycles. The maximum absolute atomic E-state index is 11.8. The lowest BCUT2D eigenvalue weighted by molar-refractivity contribution is 0.105. The van der Waals surface area contributed by atoms with Crippen molar-refractivity contribution >= 4 is 23.2 Å². The molecule has 0 amide bonds. The molecule has 0 saturated heterocycles. The minimum absolute atomic E-state index is 0.0713. The van der Waals surface area contributed by atoms with Crippen LogP contribution in [-0.2, 0) is 0 Å². The topological polar surface area (TPSA) is 17.1 Å². The summed E-state index contributed by atoms with van der Waals surface area (Å²) in [5, 5.41) is 0. The largest absolute Gasteiger partial charge is 0.288 e. The molecule has 0 atom stereocenters. The molecule has 16 heavy (non-hydrogen) atoms. The molecule has 1 nitrogen and oxygen atoms in total. The SMILES string of the molecule is Cc1ccc(C(=O)C=Cc2ccccc2)s1. The van der Waals surface area contributed by atoms with Crippen molar-refractivity contribution in [2.45, 2.75) is 6.92 Å². The van der Waals surface area contributed by atoms with E-state index in [1.165, 1.54) is 11.3 Å². The molecule has 0 fully saturated rings. The third-order valence-corrected chi connectivity index (χ3v) is 3.23. The van der Waals surface area contributed by atoms with Crippen molar-refractivity contribution in [3.8, 4) is 0 Å². The third-order valence-electron chi connectivity index (χ3n) is 2.21. The first-order chi connectivity index (χ1) is 7.75. The summed E-state index contributed by atoms with van der Waals surface area (Å²) in [6.45, 7) is 2.00. The Morgan fingerprint density at radius 1 is 1.12 bits per heavy atom. The third kappa shape index (κ3) is 2.67. The molecule has 0 N–H and O–H groups in total. The zero-order chi connectivity index (χ0) is 11.4. The zero-order valence-electron chi connectivity index (χ0n) is 9.01. The van der Waals surface area contributed by atoms with Gasteiger partial charge in [0.15, 0.2) is 5.78 Å². The predicted octanol–water partition coefficient (Wildman–Crippen LogP) is 3.95. The van der Waals surface area contributed by atoms with Crippen LogP contribution in [0.1, 0.15) is 20.1 Å². The molecule has 1 heterocycles. The summed E-state index contributed by atoms with van der Waals surface area (Å²) in [6, 6.07) is 13.7. The van der Waals surface area contributed by atoms with E-state index >= 15 is 0 Å². The Balaban J connectivity index is 2.11. The highest BCUT2D eigenvalue weighted by molar-refractivity contribution is 7.14. The Hall–Kier alpha value is -1.67. The highest BCUT2D eigenvalue weighted by Gasteiger charge is 2.03. The predicted molar refractivity (Wildman–Crippen MR) is 68.9 cm³/mol. The Labute approximate surface area is 99.1 Å². The number of hydrogen-bond donors (Lipinski definition) is 0. The van der Waals surface area contributed by atoms with Gasteiger partial charge in [0, 0.05) is 4.88 Å². The summed E-state index contributed by atoms with van der Waals surface area (Å²) in [6.07, 6.45) is 3.47. The first kappa shape index (κ1) is 10.8. The maximum atomic E-state index is 11.8. The first-order valence-electron chi connectivity index (χ1n) is 5.09. The van der Waals surface area contributed by atoms with Crippen molar-refractivity contribution in [1.82, 2.24) is 0 Å². The molecule has 0 aliphatic carbocycles. The standard InChI is InChI=1S/C14H12OS/c1-11-7-10-14(16-11)13(15)9-8-12-5-3-2-4-6-12/h2-10H,1H3. The van der Waals surface area contributed by atoms with Gasteiger partial charge < -0.3 is 0 Å². The van der Waals surface area contributed by atoms with Crippen LogP contribution >= 0.6 is 11.3 Å². The van der Waals surface area contributed by atoms with E-state index in [1.54, 1.807) is 6.08 Å². The van der Waals surface area contributed by atoms with Gasteiger partial charge in [-0.15, -0.1) is 11.3 Å². The van der Waals surface area contributed by atoms with Crippen LogP contribution in [0.4, 0.5) is 0 Å². The van der Waals surface area contributed by atoms with E-state index < -0.39 is 0 Å². The van der Waals surface area contributed by atoms with Crippen LogP contribution in [0.2, 0.25) is 0 Å². The Morgan fingerprint density at radius 2 is 1.88 bits per heavy atom. The minimum Gasteiger partial charge on any atom is -0.288 e. The summed E-state index contributed by atoms with van der Waals surface area (Å²) < 4.78 is 0. The molecule has 2 aromatic rings. The molecular weight excluding hydrogens is 216 g/mol. The zero-order valence-corrected chi connectivity index (χ0v) is 9.83.